The van der Waals surface area contributed by atoms with E-state index < -0.39 is 45.1 Å². The third kappa shape index (κ3) is 38.0. The van der Waals surface area contributed by atoms with Crippen LogP contribution in [0.5, 0.6) is 0 Å². The van der Waals surface area contributed by atoms with Crippen molar-refractivity contribution in [1.29, 1.82) is 0 Å². The van der Waals surface area contributed by atoms with Crippen LogP contribution in [-0.2, 0) is 32.7 Å². The number of carboxylic acid groups (broad SMARTS) is 1. The molecule has 3 atom stereocenters. The highest BCUT2D eigenvalue weighted by atomic mass is 31.2. The minimum Gasteiger partial charge on any atom is -0.480 e. The normalized spacial score (nSPS) is 14.5. The Hall–Kier alpha value is -2.07. The Bertz CT molecular complexity index is 1030. The standard InChI is InChI=1S/C42H76NO9P/c1-3-5-7-9-11-13-15-17-19-20-22-24-26-28-30-32-34-41(44)52-39(37-50-53(47,48)51-38-40(43)42(45)46)36-49-35-33-31-29-27-25-23-21-18-16-14-12-10-8-6-4-2/h10,12-13,15-16,18-20,39-40H,3-9,11,14,17,21-38,43H2,1-2H3,(H,45,46)(H,47,48)/b12-10-,15-13-,18-16-,20-19-. The molecular formula is C42H76NO9P. The Morgan fingerprint density at radius 3 is 1.58 bits per heavy atom. The number of carboxylic acids is 1. The summed E-state index contributed by atoms with van der Waals surface area (Å²) in [6.07, 6.45) is 43.0. The number of aliphatic carboxylic acids is 1. The van der Waals surface area contributed by atoms with Crippen LogP contribution in [0.1, 0.15) is 168 Å². The van der Waals surface area contributed by atoms with Crippen molar-refractivity contribution in [2.45, 2.75) is 180 Å². The van der Waals surface area contributed by atoms with E-state index in [0.29, 0.717) is 13.0 Å². The molecule has 0 fully saturated rings. The van der Waals surface area contributed by atoms with Crippen LogP contribution in [0.2, 0.25) is 0 Å². The molecule has 0 aliphatic rings. The Morgan fingerprint density at radius 2 is 1.06 bits per heavy atom. The summed E-state index contributed by atoms with van der Waals surface area (Å²) in [4.78, 5) is 33.5. The molecule has 0 aliphatic heterocycles. The molecule has 10 nitrogen and oxygen atoms in total. The highest BCUT2D eigenvalue weighted by Crippen LogP contribution is 2.43. The van der Waals surface area contributed by atoms with E-state index in [1.165, 1.54) is 70.6 Å². The summed E-state index contributed by atoms with van der Waals surface area (Å²) < 4.78 is 33.3. The van der Waals surface area contributed by atoms with E-state index >= 15 is 0 Å². The maximum Gasteiger partial charge on any atom is 0.472 e. The Kier molecular flexibility index (Phi) is 36.7. The second kappa shape index (κ2) is 38.2. The van der Waals surface area contributed by atoms with Gasteiger partial charge in [-0.2, -0.15) is 0 Å². The first-order valence-electron chi connectivity index (χ1n) is 20.7. The lowest BCUT2D eigenvalue weighted by Crippen LogP contribution is -2.34. The number of phosphoric ester groups is 1. The predicted octanol–water partition coefficient (Wildman–Crippen LogP) is 11.1. The lowest BCUT2D eigenvalue weighted by Gasteiger charge is -2.20. The monoisotopic (exact) mass is 770 g/mol. The third-order valence-corrected chi connectivity index (χ3v) is 9.53. The topological polar surface area (TPSA) is 155 Å². The number of allylic oxidation sites excluding steroid dienone is 8. The van der Waals surface area contributed by atoms with Gasteiger partial charge in [-0.05, 0) is 70.6 Å². The first kappa shape index (κ1) is 50.9. The maximum absolute atomic E-state index is 12.6. The van der Waals surface area contributed by atoms with Gasteiger partial charge in [0.2, 0.25) is 0 Å². The third-order valence-electron chi connectivity index (χ3n) is 8.58. The van der Waals surface area contributed by atoms with Crippen molar-refractivity contribution in [1.82, 2.24) is 0 Å². The van der Waals surface area contributed by atoms with E-state index in [2.05, 4.69) is 62.5 Å². The van der Waals surface area contributed by atoms with E-state index in [9.17, 15) is 19.0 Å². The number of carbonyl (C=O) groups excluding carboxylic acids is 1. The van der Waals surface area contributed by atoms with E-state index in [0.717, 1.165) is 70.6 Å². The molecule has 0 radical (unpaired) electrons. The fourth-order valence-corrected chi connectivity index (χ4v) is 6.07. The van der Waals surface area contributed by atoms with Gasteiger partial charge in [0, 0.05) is 13.0 Å². The number of hydrogen-bond acceptors (Lipinski definition) is 8. The summed E-state index contributed by atoms with van der Waals surface area (Å²) in [5.41, 5.74) is 5.34. The number of hydrogen-bond donors (Lipinski definition) is 3. The van der Waals surface area contributed by atoms with Crippen molar-refractivity contribution < 1.29 is 42.7 Å². The van der Waals surface area contributed by atoms with Gasteiger partial charge >= 0.3 is 19.8 Å². The molecule has 3 unspecified atom stereocenters. The number of ether oxygens (including phenoxy) is 2. The van der Waals surface area contributed by atoms with Gasteiger partial charge in [-0.25, -0.2) is 4.57 Å². The summed E-state index contributed by atoms with van der Waals surface area (Å²) >= 11 is 0. The van der Waals surface area contributed by atoms with Gasteiger partial charge in [-0.3, -0.25) is 18.6 Å². The summed E-state index contributed by atoms with van der Waals surface area (Å²) in [5.74, 6) is -1.80. The average molecular weight is 770 g/mol. The summed E-state index contributed by atoms with van der Waals surface area (Å²) in [6.45, 7) is 3.77. The quantitative estimate of drug-likeness (QED) is 0.0238. The van der Waals surface area contributed by atoms with Crippen LogP contribution < -0.4 is 5.73 Å². The molecule has 53 heavy (non-hydrogen) atoms. The van der Waals surface area contributed by atoms with Gasteiger partial charge in [-0.1, -0.05) is 140 Å². The van der Waals surface area contributed by atoms with Crippen molar-refractivity contribution in [3.05, 3.63) is 48.6 Å². The lowest BCUT2D eigenvalue weighted by atomic mass is 10.1. The molecule has 0 rings (SSSR count). The summed E-state index contributed by atoms with van der Waals surface area (Å²) in [6, 6.07) is -1.48. The highest BCUT2D eigenvalue weighted by Gasteiger charge is 2.27. The van der Waals surface area contributed by atoms with Crippen molar-refractivity contribution in [2.24, 2.45) is 5.73 Å². The van der Waals surface area contributed by atoms with Crippen LogP contribution >= 0.6 is 7.82 Å². The molecule has 0 bridgehead atoms. The molecule has 0 aromatic heterocycles. The van der Waals surface area contributed by atoms with Crippen LogP contribution in [0.3, 0.4) is 0 Å². The fourth-order valence-electron chi connectivity index (χ4n) is 5.30. The molecule has 0 spiro atoms. The molecule has 0 aromatic carbocycles. The number of carbonyl (C=O) groups is 2. The minimum atomic E-state index is -4.62. The second-order valence-corrected chi connectivity index (χ2v) is 15.2. The largest absolute Gasteiger partial charge is 0.480 e. The zero-order valence-corrected chi connectivity index (χ0v) is 34.2. The molecule has 0 amide bonds. The van der Waals surface area contributed by atoms with Crippen molar-refractivity contribution >= 4 is 19.8 Å². The minimum absolute atomic E-state index is 0.00275. The number of esters is 1. The van der Waals surface area contributed by atoms with Gasteiger partial charge in [0.25, 0.3) is 0 Å². The maximum atomic E-state index is 12.6. The molecule has 0 saturated carbocycles. The summed E-state index contributed by atoms with van der Waals surface area (Å²) in [7, 11) is -4.62. The smallest absolute Gasteiger partial charge is 0.472 e. The fraction of sp³-hybridized carbons (Fsp3) is 0.762. The molecule has 0 aromatic rings. The Morgan fingerprint density at radius 1 is 0.604 bits per heavy atom. The number of rotatable bonds is 39. The lowest BCUT2D eigenvalue weighted by molar-refractivity contribution is -0.154. The molecule has 308 valence electrons. The second-order valence-electron chi connectivity index (χ2n) is 13.8. The Labute approximate surface area is 322 Å². The molecule has 0 aliphatic carbocycles. The van der Waals surface area contributed by atoms with Crippen LogP contribution in [0, 0.1) is 0 Å². The molecule has 4 N–H and O–H groups in total. The van der Waals surface area contributed by atoms with Gasteiger partial charge in [0.1, 0.15) is 12.1 Å². The van der Waals surface area contributed by atoms with Crippen molar-refractivity contribution in [3.63, 3.8) is 0 Å². The molecule has 11 heteroatoms. The first-order valence-corrected chi connectivity index (χ1v) is 22.2. The van der Waals surface area contributed by atoms with Crippen molar-refractivity contribution in [3.8, 4) is 0 Å². The highest BCUT2D eigenvalue weighted by molar-refractivity contribution is 7.47. The van der Waals surface area contributed by atoms with E-state index in [1.807, 2.05) is 0 Å². The van der Waals surface area contributed by atoms with Gasteiger partial charge in [-0.15, -0.1) is 0 Å². The van der Waals surface area contributed by atoms with Crippen LogP contribution in [0.4, 0.5) is 0 Å². The van der Waals surface area contributed by atoms with E-state index in [-0.39, 0.29) is 13.0 Å². The van der Waals surface area contributed by atoms with Crippen LogP contribution in [0.25, 0.3) is 0 Å². The van der Waals surface area contributed by atoms with Gasteiger partial charge in [0.05, 0.1) is 19.8 Å². The summed E-state index contributed by atoms with van der Waals surface area (Å²) in [5, 5.41) is 8.88. The van der Waals surface area contributed by atoms with Crippen LogP contribution in [-0.4, -0.2) is 60.5 Å². The number of unbranched alkanes of at least 4 members (excludes halogenated alkanes) is 17. The Balaban J connectivity index is 4.32. The van der Waals surface area contributed by atoms with Crippen molar-refractivity contribution in [2.75, 3.05) is 26.4 Å². The zero-order chi connectivity index (χ0) is 39.1. The number of nitrogens with two attached hydrogens (primary N) is 1. The molecule has 0 saturated heterocycles. The van der Waals surface area contributed by atoms with Crippen LogP contribution in [0.15, 0.2) is 48.6 Å². The first-order chi connectivity index (χ1) is 25.7. The zero-order valence-electron chi connectivity index (χ0n) is 33.3. The molecule has 0 heterocycles. The van der Waals surface area contributed by atoms with E-state index in [1.54, 1.807) is 0 Å². The van der Waals surface area contributed by atoms with Gasteiger partial charge in [0.15, 0.2) is 0 Å². The predicted molar refractivity (Wildman–Crippen MR) is 217 cm³/mol. The average Bonchev–Trinajstić information content (AvgIpc) is 3.13. The van der Waals surface area contributed by atoms with Gasteiger partial charge < -0.3 is 25.2 Å². The van der Waals surface area contributed by atoms with E-state index in [4.69, 9.17) is 29.4 Å². The number of phosphoric acid groups is 1. The molecular weight excluding hydrogens is 693 g/mol. The SMILES string of the molecule is CCCC/C=C\C/C=C\CCCCCCCCOCC(COP(=O)(O)OCC(N)C(=O)O)OC(=O)CCCCCCC/C=C\C/C=C\CCCCCC.